The van der Waals surface area contributed by atoms with E-state index in [1.165, 1.54) is 6.20 Å². The molecule has 1 aromatic rings. The van der Waals surface area contributed by atoms with Gasteiger partial charge in [-0.2, -0.15) is 0 Å². The highest BCUT2D eigenvalue weighted by molar-refractivity contribution is 9.10. The first-order chi connectivity index (χ1) is 4.74. The second-order valence-corrected chi connectivity index (χ2v) is 2.76. The minimum absolute atomic E-state index is 0.231. The number of nitrogens with zero attached hydrogens (tertiary/aromatic N) is 1. The van der Waals surface area contributed by atoms with Gasteiger partial charge in [0.15, 0.2) is 0 Å². The lowest BCUT2D eigenvalue weighted by Crippen LogP contribution is -1.88. The highest BCUT2D eigenvalue weighted by atomic mass is 79.9. The molecule has 1 aromatic heterocycles. The van der Waals surface area contributed by atoms with E-state index in [1.54, 1.807) is 6.07 Å². The Morgan fingerprint density at radius 2 is 2.40 bits per heavy atom. The van der Waals surface area contributed by atoms with Crippen LogP contribution in [0.5, 0.6) is 0 Å². The van der Waals surface area contributed by atoms with Gasteiger partial charge in [0.25, 0.3) is 0 Å². The fourth-order valence-corrected chi connectivity index (χ4v) is 1.10. The molecule has 0 aliphatic carbocycles. The molecule has 1 rings (SSSR count). The van der Waals surface area contributed by atoms with Crippen LogP contribution in [0.3, 0.4) is 0 Å². The summed E-state index contributed by atoms with van der Waals surface area (Å²) in [6.45, 7) is 1.91. The molecular formula is C7H7BrFN. The third-order valence-corrected chi connectivity index (χ3v) is 1.72. The summed E-state index contributed by atoms with van der Waals surface area (Å²) >= 11 is 3.16. The zero-order chi connectivity index (χ0) is 7.56. The average molecular weight is 204 g/mol. The van der Waals surface area contributed by atoms with Gasteiger partial charge in [0.05, 0.1) is 6.20 Å². The van der Waals surface area contributed by atoms with Crippen LogP contribution in [0.15, 0.2) is 16.9 Å². The smallest absolute Gasteiger partial charge is 0.144 e. The van der Waals surface area contributed by atoms with E-state index in [2.05, 4.69) is 20.9 Å². The molecule has 3 heteroatoms. The Hall–Kier alpha value is -0.440. The lowest BCUT2D eigenvalue weighted by Gasteiger charge is -1.97. The van der Waals surface area contributed by atoms with Crippen molar-refractivity contribution >= 4 is 15.9 Å². The van der Waals surface area contributed by atoms with Gasteiger partial charge < -0.3 is 0 Å². The predicted octanol–water partition coefficient (Wildman–Crippen LogP) is 2.55. The quantitative estimate of drug-likeness (QED) is 0.640. The minimum atomic E-state index is -0.231. The molecule has 0 unspecified atom stereocenters. The van der Waals surface area contributed by atoms with E-state index >= 15 is 0 Å². The molecule has 10 heavy (non-hydrogen) atoms. The summed E-state index contributed by atoms with van der Waals surface area (Å²) in [6.07, 6.45) is 1.93. The van der Waals surface area contributed by atoms with Gasteiger partial charge >= 0.3 is 0 Å². The van der Waals surface area contributed by atoms with Gasteiger partial charge in [0, 0.05) is 0 Å². The Kier molecular flexibility index (Phi) is 2.38. The predicted molar refractivity (Wildman–Crippen MR) is 41.3 cm³/mol. The standard InChI is InChI=1S/C7H7BrFN/c1-2-5-3-7(8)10-4-6(5)9/h3-4H,2H2,1H3. The molecule has 0 aliphatic heterocycles. The fraction of sp³-hybridized carbons (Fsp3) is 0.286. The number of hydrogen-bond donors (Lipinski definition) is 0. The van der Waals surface area contributed by atoms with Gasteiger partial charge in [-0.05, 0) is 34.0 Å². The second kappa shape index (κ2) is 3.10. The topological polar surface area (TPSA) is 12.9 Å². The van der Waals surface area contributed by atoms with Crippen LogP contribution < -0.4 is 0 Å². The number of halogens is 2. The molecular weight excluding hydrogens is 197 g/mol. The van der Waals surface area contributed by atoms with Gasteiger partial charge in [-0.3, -0.25) is 0 Å². The Morgan fingerprint density at radius 1 is 1.70 bits per heavy atom. The van der Waals surface area contributed by atoms with E-state index in [9.17, 15) is 4.39 Å². The van der Waals surface area contributed by atoms with Crippen molar-refractivity contribution in [2.24, 2.45) is 0 Å². The Balaban J connectivity index is 3.09. The number of aryl methyl sites for hydroxylation is 1. The van der Waals surface area contributed by atoms with Gasteiger partial charge in [-0.25, -0.2) is 9.37 Å². The van der Waals surface area contributed by atoms with Crippen molar-refractivity contribution in [3.8, 4) is 0 Å². The summed E-state index contributed by atoms with van der Waals surface area (Å²) in [4.78, 5) is 3.73. The van der Waals surface area contributed by atoms with E-state index in [1.807, 2.05) is 6.92 Å². The zero-order valence-corrected chi connectivity index (χ0v) is 7.15. The molecule has 54 valence electrons. The number of pyridine rings is 1. The van der Waals surface area contributed by atoms with Crippen molar-refractivity contribution in [2.45, 2.75) is 13.3 Å². The lowest BCUT2D eigenvalue weighted by atomic mass is 10.2. The van der Waals surface area contributed by atoms with Crippen molar-refractivity contribution in [2.75, 3.05) is 0 Å². The molecule has 0 atom stereocenters. The van der Waals surface area contributed by atoms with Crippen molar-refractivity contribution < 1.29 is 4.39 Å². The van der Waals surface area contributed by atoms with Crippen LogP contribution >= 0.6 is 15.9 Å². The fourth-order valence-electron chi connectivity index (χ4n) is 0.722. The maximum atomic E-state index is 12.7. The van der Waals surface area contributed by atoms with E-state index < -0.39 is 0 Å². The Bertz CT molecular complexity index is 237. The lowest BCUT2D eigenvalue weighted by molar-refractivity contribution is 0.604. The van der Waals surface area contributed by atoms with E-state index in [0.29, 0.717) is 16.6 Å². The van der Waals surface area contributed by atoms with Crippen LogP contribution in [0.4, 0.5) is 4.39 Å². The first kappa shape index (κ1) is 7.66. The molecule has 1 heterocycles. The summed E-state index contributed by atoms with van der Waals surface area (Å²) in [7, 11) is 0. The van der Waals surface area contributed by atoms with Gasteiger partial charge in [0.1, 0.15) is 10.4 Å². The number of hydrogen-bond acceptors (Lipinski definition) is 1. The Labute approximate surface area is 67.4 Å². The van der Waals surface area contributed by atoms with Crippen LogP contribution in [-0.2, 0) is 6.42 Å². The first-order valence-electron chi connectivity index (χ1n) is 3.04. The highest BCUT2D eigenvalue weighted by Gasteiger charge is 1.99. The highest BCUT2D eigenvalue weighted by Crippen LogP contribution is 2.12. The Morgan fingerprint density at radius 3 is 2.90 bits per heavy atom. The van der Waals surface area contributed by atoms with Crippen LogP contribution in [0.2, 0.25) is 0 Å². The molecule has 0 N–H and O–H groups in total. The average Bonchev–Trinajstić information content (AvgIpc) is 1.94. The summed E-state index contributed by atoms with van der Waals surface area (Å²) in [5.74, 6) is -0.231. The van der Waals surface area contributed by atoms with Gasteiger partial charge in [-0.15, -0.1) is 0 Å². The van der Waals surface area contributed by atoms with Crippen LogP contribution in [0.25, 0.3) is 0 Å². The first-order valence-corrected chi connectivity index (χ1v) is 3.83. The molecule has 0 radical (unpaired) electrons. The third-order valence-electron chi connectivity index (χ3n) is 1.28. The van der Waals surface area contributed by atoms with Gasteiger partial charge in [0.2, 0.25) is 0 Å². The van der Waals surface area contributed by atoms with Crippen molar-refractivity contribution in [1.82, 2.24) is 4.98 Å². The third kappa shape index (κ3) is 1.53. The maximum absolute atomic E-state index is 12.7. The number of aromatic nitrogens is 1. The molecule has 0 aliphatic rings. The number of rotatable bonds is 1. The van der Waals surface area contributed by atoms with Crippen LogP contribution in [0, 0.1) is 5.82 Å². The minimum Gasteiger partial charge on any atom is -0.246 e. The van der Waals surface area contributed by atoms with E-state index in [-0.39, 0.29) is 5.82 Å². The summed E-state index contributed by atoms with van der Waals surface area (Å²) in [5.41, 5.74) is 0.696. The largest absolute Gasteiger partial charge is 0.246 e. The zero-order valence-electron chi connectivity index (χ0n) is 5.56. The van der Waals surface area contributed by atoms with Crippen LogP contribution in [-0.4, -0.2) is 4.98 Å². The monoisotopic (exact) mass is 203 g/mol. The second-order valence-electron chi connectivity index (χ2n) is 1.95. The molecule has 0 saturated heterocycles. The van der Waals surface area contributed by atoms with Crippen molar-refractivity contribution in [1.29, 1.82) is 0 Å². The van der Waals surface area contributed by atoms with Crippen molar-refractivity contribution in [3.63, 3.8) is 0 Å². The molecule has 0 saturated carbocycles. The molecule has 1 nitrogen and oxygen atoms in total. The molecule has 0 amide bonds. The molecule has 0 aromatic carbocycles. The normalized spacial score (nSPS) is 9.90. The molecule has 0 fully saturated rings. The van der Waals surface area contributed by atoms with E-state index in [4.69, 9.17) is 0 Å². The van der Waals surface area contributed by atoms with Crippen molar-refractivity contribution in [3.05, 3.63) is 28.2 Å². The van der Waals surface area contributed by atoms with Gasteiger partial charge in [-0.1, -0.05) is 6.92 Å². The van der Waals surface area contributed by atoms with E-state index in [0.717, 1.165) is 0 Å². The summed E-state index contributed by atoms with van der Waals surface area (Å²) in [5, 5.41) is 0. The van der Waals surface area contributed by atoms with Crippen LogP contribution in [0.1, 0.15) is 12.5 Å². The SMILES string of the molecule is CCc1cc(Br)ncc1F. The summed E-state index contributed by atoms with van der Waals surface area (Å²) in [6, 6.07) is 1.69. The summed E-state index contributed by atoms with van der Waals surface area (Å²) < 4.78 is 13.4. The maximum Gasteiger partial charge on any atom is 0.144 e. The molecule has 0 bridgehead atoms. The molecule has 0 spiro atoms.